The number of hydrogen-bond donors (Lipinski definition) is 1. The average molecular weight is 354 g/mol. The number of nitrogens with two attached hydrogens (primary N) is 1. The Hall–Kier alpha value is -2.12. The number of pyridine rings is 1. The Bertz CT molecular complexity index is 748. The Labute approximate surface area is 143 Å². The van der Waals surface area contributed by atoms with Crippen molar-refractivity contribution in [2.24, 2.45) is 5.73 Å². The van der Waals surface area contributed by atoms with Gasteiger partial charge in [0.15, 0.2) is 0 Å². The lowest BCUT2D eigenvalue weighted by molar-refractivity contribution is -0.141. The van der Waals surface area contributed by atoms with E-state index in [1.807, 2.05) is 0 Å². The van der Waals surface area contributed by atoms with E-state index in [0.717, 1.165) is 53.6 Å². The summed E-state index contributed by atoms with van der Waals surface area (Å²) in [4.78, 5) is 13.1. The van der Waals surface area contributed by atoms with Gasteiger partial charge in [-0.25, -0.2) is 0 Å². The number of halogens is 3. The number of alkyl halides is 3. The maximum Gasteiger partial charge on any atom is 0.408 e. The van der Waals surface area contributed by atoms with Crippen molar-refractivity contribution in [1.29, 1.82) is 0 Å². The molecule has 0 bridgehead atoms. The molecule has 5 nitrogen and oxygen atoms in total. The highest BCUT2D eigenvalue weighted by atomic mass is 19.4. The number of carbonyl (C=O) groups is 1. The summed E-state index contributed by atoms with van der Waals surface area (Å²) in [6, 6.07) is 1.68. The fourth-order valence-corrected chi connectivity index (χ4v) is 3.43. The number of primary amides is 1. The van der Waals surface area contributed by atoms with Crippen LogP contribution in [0.15, 0.2) is 12.3 Å². The van der Waals surface area contributed by atoms with Gasteiger partial charge in [-0.05, 0) is 31.7 Å². The average Bonchev–Trinajstić information content (AvgIpc) is 2.74. The van der Waals surface area contributed by atoms with Gasteiger partial charge in [-0.2, -0.15) is 18.3 Å². The number of hydrogen-bond acceptors (Lipinski definition) is 3. The predicted octanol–water partition coefficient (Wildman–Crippen LogP) is 3.63. The Morgan fingerprint density at radius 2 is 1.72 bits per heavy atom. The standard InChI is InChI=1S/C16H18F3N3.CH3NO/c17-16(18,19)9-22-12-7-8-20-14(10-3-1-4-10)13(12)15(21-22)11-5-2-6-11;2-1-3/h7-8,10-11H,1-6,9H2;1H,(H2,2,3). The number of nitrogens with zero attached hydrogens (tertiary/aromatic N) is 3. The Morgan fingerprint density at radius 1 is 1.16 bits per heavy atom. The van der Waals surface area contributed by atoms with Gasteiger partial charge in [-0.1, -0.05) is 12.8 Å². The molecule has 0 aliphatic heterocycles. The molecule has 0 atom stereocenters. The van der Waals surface area contributed by atoms with Crippen molar-refractivity contribution >= 4 is 17.3 Å². The molecule has 2 aromatic rings. The van der Waals surface area contributed by atoms with Crippen molar-refractivity contribution in [1.82, 2.24) is 14.8 Å². The minimum Gasteiger partial charge on any atom is -0.372 e. The van der Waals surface area contributed by atoms with Gasteiger partial charge in [-0.3, -0.25) is 14.5 Å². The Morgan fingerprint density at radius 3 is 2.20 bits per heavy atom. The summed E-state index contributed by atoms with van der Waals surface area (Å²) in [5.41, 5.74) is 6.58. The second-order valence-electron chi connectivity index (χ2n) is 6.64. The van der Waals surface area contributed by atoms with Crippen LogP contribution in [0.5, 0.6) is 0 Å². The molecule has 0 spiro atoms. The van der Waals surface area contributed by atoms with Crippen LogP contribution in [-0.2, 0) is 11.3 Å². The van der Waals surface area contributed by atoms with Gasteiger partial charge in [0.25, 0.3) is 0 Å². The molecule has 2 N–H and O–H groups in total. The summed E-state index contributed by atoms with van der Waals surface area (Å²) in [6.45, 7) is -1.02. The molecule has 0 unspecified atom stereocenters. The van der Waals surface area contributed by atoms with Gasteiger partial charge >= 0.3 is 6.18 Å². The van der Waals surface area contributed by atoms with E-state index in [2.05, 4.69) is 15.8 Å². The Balaban J connectivity index is 0.000000569. The van der Waals surface area contributed by atoms with Gasteiger partial charge in [0, 0.05) is 23.4 Å². The molecule has 2 saturated carbocycles. The summed E-state index contributed by atoms with van der Waals surface area (Å²) >= 11 is 0. The van der Waals surface area contributed by atoms with Crippen molar-refractivity contribution in [2.75, 3.05) is 0 Å². The van der Waals surface area contributed by atoms with E-state index in [4.69, 9.17) is 4.79 Å². The van der Waals surface area contributed by atoms with E-state index in [9.17, 15) is 13.2 Å². The van der Waals surface area contributed by atoms with Gasteiger partial charge in [0.2, 0.25) is 6.41 Å². The first kappa shape index (κ1) is 17.7. The first-order valence-electron chi connectivity index (χ1n) is 8.52. The molecule has 2 aliphatic rings. The van der Waals surface area contributed by atoms with Crippen molar-refractivity contribution in [3.05, 3.63) is 23.7 Å². The number of carbonyl (C=O) groups excluding carboxylic acids is 1. The van der Waals surface area contributed by atoms with Crippen molar-refractivity contribution in [3.63, 3.8) is 0 Å². The predicted molar refractivity (Wildman–Crippen MR) is 87.0 cm³/mol. The third-order valence-electron chi connectivity index (χ3n) is 5.03. The molecule has 2 aromatic heterocycles. The summed E-state index contributed by atoms with van der Waals surface area (Å²) in [5, 5.41) is 5.26. The lowest BCUT2D eigenvalue weighted by atomic mass is 9.78. The Kier molecular flexibility index (Phi) is 4.96. The van der Waals surface area contributed by atoms with Gasteiger partial charge in [0.05, 0.1) is 16.9 Å². The van der Waals surface area contributed by atoms with E-state index in [-0.39, 0.29) is 6.41 Å². The second kappa shape index (κ2) is 7.01. The monoisotopic (exact) mass is 354 g/mol. The molecule has 2 aliphatic carbocycles. The molecule has 8 heteroatoms. The van der Waals surface area contributed by atoms with E-state index < -0.39 is 12.7 Å². The van der Waals surface area contributed by atoms with Crippen molar-refractivity contribution < 1.29 is 18.0 Å². The maximum absolute atomic E-state index is 12.8. The van der Waals surface area contributed by atoms with Crippen molar-refractivity contribution in [3.8, 4) is 0 Å². The van der Waals surface area contributed by atoms with Crippen LogP contribution in [0.2, 0.25) is 0 Å². The van der Waals surface area contributed by atoms with Crippen LogP contribution in [-0.4, -0.2) is 27.4 Å². The highest BCUT2D eigenvalue weighted by Gasteiger charge is 2.34. The van der Waals surface area contributed by atoms with Crippen molar-refractivity contribution in [2.45, 2.75) is 63.1 Å². The smallest absolute Gasteiger partial charge is 0.372 e. The zero-order valence-corrected chi connectivity index (χ0v) is 13.8. The molecule has 2 heterocycles. The minimum absolute atomic E-state index is 0.250. The molecule has 2 fully saturated rings. The number of fused-ring (bicyclic) bond motifs is 1. The molecular weight excluding hydrogens is 333 g/mol. The van der Waals surface area contributed by atoms with Crippen LogP contribution in [0.4, 0.5) is 13.2 Å². The zero-order valence-electron chi connectivity index (χ0n) is 13.8. The highest BCUT2D eigenvalue weighted by molar-refractivity contribution is 5.85. The van der Waals surface area contributed by atoms with Gasteiger partial charge < -0.3 is 5.73 Å². The van der Waals surface area contributed by atoms with E-state index in [0.29, 0.717) is 17.4 Å². The lowest BCUT2D eigenvalue weighted by Gasteiger charge is -2.27. The molecule has 0 aromatic carbocycles. The first-order valence-corrected chi connectivity index (χ1v) is 8.52. The van der Waals surface area contributed by atoms with Gasteiger partial charge in [-0.15, -0.1) is 0 Å². The summed E-state index contributed by atoms with van der Waals surface area (Å²) < 4.78 is 39.6. The largest absolute Gasteiger partial charge is 0.408 e. The lowest BCUT2D eigenvalue weighted by Crippen LogP contribution is -2.19. The van der Waals surface area contributed by atoms with Gasteiger partial charge in [0.1, 0.15) is 6.54 Å². The summed E-state index contributed by atoms with van der Waals surface area (Å²) in [5.74, 6) is 0.700. The summed E-state index contributed by atoms with van der Waals surface area (Å²) in [7, 11) is 0. The SMILES string of the molecule is FC(F)(F)Cn1nc(C2CCC2)c2c(C3CCC3)nccc21.NC=O. The van der Waals surface area contributed by atoms with Crippen LogP contribution in [0.1, 0.15) is 61.7 Å². The van der Waals surface area contributed by atoms with E-state index >= 15 is 0 Å². The minimum atomic E-state index is -4.25. The zero-order chi connectivity index (χ0) is 18.0. The molecule has 25 heavy (non-hydrogen) atoms. The molecule has 0 saturated heterocycles. The number of amides is 1. The second-order valence-corrected chi connectivity index (χ2v) is 6.64. The van der Waals surface area contributed by atoms with E-state index in [1.165, 1.54) is 6.42 Å². The van der Waals surface area contributed by atoms with Crippen LogP contribution < -0.4 is 5.73 Å². The molecule has 4 rings (SSSR count). The van der Waals surface area contributed by atoms with Crippen LogP contribution in [0.3, 0.4) is 0 Å². The summed E-state index contributed by atoms with van der Waals surface area (Å²) in [6.07, 6.45) is 4.16. The topological polar surface area (TPSA) is 73.8 Å². The van der Waals surface area contributed by atoms with Crippen LogP contribution >= 0.6 is 0 Å². The normalized spacial score (nSPS) is 18.2. The molecule has 136 valence electrons. The number of aromatic nitrogens is 3. The third-order valence-corrected chi connectivity index (χ3v) is 5.03. The molecular formula is C17H21F3N4O. The highest BCUT2D eigenvalue weighted by Crippen LogP contribution is 2.44. The molecule has 0 radical (unpaired) electrons. The van der Waals surface area contributed by atoms with Crippen LogP contribution in [0, 0.1) is 0 Å². The fourth-order valence-electron chi connectivity index (χ4n) is 3.43. The maximum atomic E-state index is 12.8. The third kappa shape index (κ3) is 3.62. The first-order chi connectivity index (χ1) is 11.9. The van der Waals surface area contributed by atoms with E-state index in [1.54, 1.807) is 12.3 Å². The molecule has 1 amide bonds. The number of rotatable bonds is 3. The fraction of sp³-hybridized carbons (Fsp3) is 0.588. The van der Waals surface area contributed by atoms with Crippen LogP contribution in [0.25, 0.3) is 10.9 Å². The quantitative estimate of drug-likeness (QED) is 0.856.